The van der Waals surface area contributed by atoms with Crippen molar-refractivity contribution in [3.05, 3.63) is 11.6 Å². The van der Waals surface area contributed by atoms with Crippen molar-refractivity contribution in [3.8, 4) is 0 Å². The van der Waals surface area contributed by atoms with Gasteiger partial charge in [-0.25, -0.2) is 0 Å². The van der Waals surface area contributed by atoms with Gasteiger partial charge >= 0.3 is 11.9 Å². The molecule has 30 heavy (non-hydrogen) atoms. The molecule has 1 heterocycles. The molecule has 4 aliphatic carbocycles. The molecule has 1 aliphatic heterocycles. The molecule has 5 rings (SSSR count). The quantitative estimate of drug-likeness (QED) is 0.502. The maximum Gasteiger partial charge on any atom is 0.312 e. The van der Waals surface area contributed by atoms with Gasteiger partial charge in [0.2, 0.25) is 0 Å². The zero-order valence-corrected chi connectivity index (χ0v) is 18.2. The number of methoxy groups -OCH3 is 1. The topological polar surface area (TPSA) is 93.1 Å². The third-order valence-corrected chi connectivity index (χ3v) is 9.88. The minimum absolute atomic E-state index is 0.0473. The largest absolute Gasteiger partial charge is 0.469 e. The summed E-state index contributed by atoms with van der Waals surface area (Å²) in [6, 6.07) is 0. The van der Waals surface area contributed by atoms with Gasteiger partial charge in [-0.05, 0) is 68.1 Å². The summed E-state index contributed by atoms with van der Waals surface area (Å²) in [5, 5.41) is 21.9. The monoisotopic (exact) mass is 418 g/mol. The van der Waals surface area contributed by atoms with E-state index in [1.165, 1.54) is 7.11 Å². The van der Waals surface area contributed by atoms with Crippen molar-refractivity contribution >= 4 is 11.9 Å². The van der Waals surface area contributed by atoms with Gasteiger partial charge in [0.1, 0.15) is 5.60 Å². The van der Waals surface area contributed by atoms with E-state index in [4.69, 9.17) is 9.47 Å². The lowest BCUT2D eigenvalue weighted by molar-refractivity contribution is -0.192. The van der Waals surface area contributed by atoms with E-state index in [0.717, 1.165) is 31.3 Å². The van der Waals surface area contributed by atoms with Crippen molar-refractivity contribution in [2.24, 2.45) is 34.5 Å². The van der Waals surface area contributed by atoms with E-state index in [0.29, 0.717) is 25.7 Å². The van der Waals surface area contributed by atoms with E-state index in [2.05, 4.69) is 19.9 Å². The Hall–Kier alpha value is -1.40. The van der Waals surface area contributed by atoms with Crippen LogP contribution in [0.1, 0.15) is 65.2 Å². The summed E-state index contributed by atoms with van der Waals surface area (Å²) >= 11 is 0. The van der Waals surface area contributed by atoms with Gasteiger partial charge in [0.05, 0.1) is 25.2 Å². The van der Waals surface area contributed by atoms with Gasteiger partial charge in [0.25, 0.3) is 0 Å². The number of aliphatic hydroxyl groups is 2. The highest BCUT2D eigenvalue weighted by Gasteiger charge is 2.70. The van der Waals surface area contributed by atoms with Gasteiger partial charge in [-0.15, -0.1) is 0 Å². The molecule has 0 amide bonds. The first-order valence-corrected chi connectivity index (χ1v) is 11.5. The SMILES string of the molecule is COC(=O)[C@@H]1C=C2C[C@@H](O)CCC2(C)C2C1C1CC[C@@]3(CCC(=O)O3)C1(C)C[C@H]2O. The van der Waals surface area contributed by atoms with E-state index < -0.39 is 23.7 Å². The number of hydrogen-bond acceptors (Lipinski definition) is 6. The molecular weight excluding hydrogens is 384 g/mol. The normalized spacial score (nSPS) is 52.2. The van der Waals surface area contributed by atoms with Crippen LogP contribution in [0.2, 0.25) is 0 Å². The number of rotatable bonds is 1. The lowest BCUT2D eigenvalue weighted by Gasteiger charge is -2.61. The van der Waals surface area contributed by atoms with Crippen molar-refractivity contribution in [1.82, 2.24) is 0 Å². The zero-order chi connectivity index (χ0) is 21.5. The smallest absolute Gasteiger partial charge is 0.312 e. The van der Waals surface area contributed by atoms with Gasteiger partial charge in [-0.2, -0.15) is 0 Å². The summed E-state index contributed by atoms with van der Waals surface area (Å²) in [6.07, 6.45) is 6.60. The van der Waals surface area contributed by atoms with E-state index in [9.17, 15) is 19.8 Å². The molecule has 1 saturated heterocycles. The van der Waals surface area contributed by atoms with E-state index in [-0.39, 0.29) is 40.5 Å². The lowest BCUT2D eigenvalue weighted by Crippen LogP contribution is -2.62. The lowest BCUT2D eigenvalue weighted by atomic mass is 9.44. The second-order valence-electron chi connectivity index (χ2n) is 11.0. The Labute approximate surface area is 178 Å². The summed E-state index contributed by atoms with van der Waals surface area (Å²) in [5.74, 6) is -0.756. The number of carbonyl (C=O) groups is 2. The fourth-order valence-electron chi connectivity index (χ4n) is 8.42. The van der Waals surface area contributed by atoms with Crippen molar-refractivity contribution in [2.75, 3.05) is 7.11 Å². The van der Waals surface area contributed by atoms with Gasteiger partial charge in [-0.1, -0.05) is 25.5 Å². The predicted molar refractivity (Wildman–Crippen MR) is 108 cm³/mol. The van der Waals surface area contributed by atoms with Crippen molar-refractivity contribution in [1.29, 1.82) is 0 Å². The summed E-state index contributed by atoms with van der Waals surface area (Å²) in [7, 11) is 1.42. The fourth-order valence-corrected chi connectivity index (χ4v) is 8.42. The number of aliphatic hydroxyl groups excluding tert-OH is 2. The number of fused-ring (bicyclic) bond motifs is 6. The van der Waals surface area contributed by atoms with E-state index >= 15 is 0 Å². The van der Waals surface area contributed by atoms with Crippen molar-refractivity contribution < 1.29 is 29.3 Å². The van der Waals surface area contributed by atoms with Crippen LogP contribution in [-0.2, 0) is 19.1 Å². The van der Waals surface area contributed by atoms with Crippen LogP contribution in [-0.4, -0.2) is 47.1 Å². The van der Waals surface area contributed by atoms with Crippen LogP contribution in [0.3, 0.4) is 0 Å². The first-order valence-electron chi connectivity index (χ1n) is 11.5. The first-order chi connectivity index (χ1) is 14.1. The standard InChI is InChI=1S/C24H34O6/c1-22-7-4-14(25)10-13(22)11-15(21(28)29-3)19-16-5-8-24(9-6-18(27)30-24)23(16,2)12-17(26)20(19)22/h11,14-17,19-20,25-26H,4-10,12H2,1-3H3/t14-,15+,16?,17+,19?,20?,22?,23?,24+/m0/s1. The number of ether oxygens (including phenoxy) is 2. The first kappa shape index (κ1) is 20.5. The average Bonchev–Trinajstić information content (AvgIpc) is 3.21. The van der Waals surface area contributed by atoms with Crippen molar-refractivity contribution in [3.63, 3.8) is 0 Å². The average molecular weight is 419 g/mol. The Morgan fingerprint density at radius 1 is 1.20 bits per heavy atom. The highest BCUT2D eigenvalue weighted by molar-refractivity contribution is 5.76. The van der Waals surface area contributed by atoms with Gasteiger partial charge < -0.3 is 19.7 Å². The Bertz CT molecular complexity index is 806. The Morgan fingerprint density at radius 3 is 2.63 bits per heavy atom. The summed E-state index contributed by atoms with van der Waals surface area (Å²) in [4.78, 5) is 25.0. The Balaban J connectivity index is 1.62. The molecule has 5 unspecified atom stereocenters. The van der Waals surface area contributed by atoms with E-state index in [1.54, 1.807) is 0 Å². The van der Waals surface area contributed by atoms with Gasteiger partial charge in [0.15, 0.2) is 0 Å². The Morgan fingerprint density at radius 2 is 1.97 bits per heavy atom. The molecule has 0 bridgehead atoms. The van der Waals surface area contributed by atoms with Crippen LogP contribution in [0.15, 0.2) is 11.6 Å². The third-order valence-electron chi connectivity index (χ3n) is 9.88. The maximum absolute atomic E-state index is 13.0. The van der Waals surface area contributed by atoms with Crippen LogP contribution in [0.4, 0.5) is 0 Å². The highest BCUT2D eigenvalue weighted by atomic mass is 16.6. The fraction of sp³-hybridized carbons (Fsp3) is 0.833. The van der Waals surface area contributed by atoms with Crippen LogP contribution in [0.5, 0.6) is 0 Å². The molecule has 0 aromatic heterocycles. The minimum atomic E-state index is -0.582. The van der Waals surface area contributed by atoms with Crippen LogP contribution in [0.25, 0.3) is 0 Å². The number of carbonyl (C=O) groups excluding carboxylic acids is 2. The molecule has 6 nitrogen and oxygen atoms in total. The molecule has 3 saturated carbocycles. The second-order valence-corrected chi connectivity index (χ2v) is 11.0. The maximum atomic E-state index is 13.0. The molecule has 2 N–H and O–H groups in total. The number of esters is 2. The molecule has 0 radical (unpaired) electrons. The van der Waals surface area contributed by atoms with Gasteiger partial charge in [0, 0.05) is 11.8 Å². The zero-order valence-electron chi connectivity index (χ0n) is 18.2. The Kier molecular flexibility index (Phi) is 4.48. The molecule has 4 fully saturated rings. The molecule has 0 aromatic rings. The summed E-state index contributed by atoms with van der Waals surface area (Å²) < 4.78 is 11.2. The third kappa shape index (κ3) is 2.49. The molecule has 1 spiro atoms. The van der Waals surface area contributed by atoms with Crippen LogP contribution >= 0.6 is 0 Å². The molecule has 0 aromatic carbocycles. The minimum Gasteiger partial charge on any atom is -0.469 e. The number of hydrogen-bond donors (Lipinski definition) is 2. The summed E-state index contributed by atoms with van der Waals surface area (Å²) in [5.41, 5.74) is 0.00865. The van der Waals surface area contributed by atoms with E-state index in [1.807, 2.05) is 0 Å². The molecule has 6 heteroatoms. The van der Waals surface area contributed by atoms with Gasteiger partial charge in [-0.3, -0.25) is 9.59 Å². The highest BCUT2D eigenvalue weighted by Crippen LogP contribution is 2.70. The summed E-state index contributed by atoms with van der Waals surface area (Å²) in [6.45, 7) is 4.38. The second kappa shape index (κ2) is 6.55. The molecule has 9 atom stereocenters. The van der Waals surface area contributed by atoms with Crippen molar-refractivity contribution in [2.45, 2.75) is 83.0 Å². The molecular formula is C24H34O6. The predicted octanol–water partition coefficient (Wildman–Crippen LogP) is 2.76. The molecule has 166 valence electrons. The van der Waals surface area contributed by atoms with Crippen LogP contribution < -0.4 is 0 Å². The molecule has 5 aliphatic rings. The van der Waals surface area contributed by atoms with Crippen LogP contribution in [0, 0.1) is 34.5 Å².